The van der Waals surface area contributed by atoms with E-state index in [2.05, 4.69) is 20.9 Å². The Kier molecular flexibility index (Phi) is 3.17. The predicted molar refractivity (Wildman–Crippen MR) is 82.8 cm³/mol. The monoisotopic (exact) mass is 355 g/mol. The summed E-state index contributed by atoms with van der Waals surface area (Å²) in [6.07, 6.45) is 1.74. The molecule has 0 saturated heterocycles. The smallest absolute Gasteiger partial charge is 0.139 e. The van der Waals surface area contributed by atoms with Crippen molar-refractivity contribution in [1.29, 1.82) is 0 Å². The first kappa shape index (κ1) is 12.8. The van der Waals surface area contributed by atoms with Gasteiger partial charge < -0.3 is 5.73 Å². The van der Waals surface area contributed by atoms with Gasteiger partial charge in [0, 0.05) is 21.3 Å². The third-order valence-corrected chi connectivity index (χ3v) is 3.92. The molecule has 2 N–H and O–H groups in total. The molecule has 0 amide bonds. The Morgan fingerprint density at radius 2 is 1.84 bits per heavy atom. The lowest BCUT2D eigenvalue weighted by Crippen LogP contribution is -1.94. The summed E-state index contributed by atoms with van der Waals surface area (Å²) in [6, 6.07) is 9.10. The zero-order chi connectivity index (χ0) is 13.6. The summed E-state index contributed by atoms with van der Waals surface area (Å²) >= 11 is 15.4. The zero-order valence-electron chi connectivity index (χ0n) is 9.57. The van der Waals surface area contributed by atoms with Gasteiger partial charge in [0.15, 0.2) is 0 Å². The number of hydrogen-bond acceptors (Lipinski definition) is 2. The standard InChI is InChI=1S/C13H8BrCl2N3/c14-10-5-7(15)1-3-9(10)12-13(17)19-6-8(16)2-4-11(19)18-12/h1-6H,17H2. The number of nitrogens with two attached hydrogens (primary N) is 1. The van der Waals surface area contributed by atoms with Crippen molar-refractivity contribution in [3.8, 4) is 11.3 Å². The van der Waals surface area contributed by atoms with Crippen LogP contribution in [0.1, 0.15) is 0 Å². The molecule has 0 saturated carbocycles. The van der Waals surface area contributed by atoms with Crippen LogP contribution in [-0.2, 0) is 0 Å². The lowest BCUT2D eigenvalue weighted by atomic mass is 10.1. The number of nitrogens with zero attached hydrogens (tertiary/aromatic N) is 2. The highest BCUT2D eigenvalue weighted by Crippen LogP contribution is 2.34. The van der Waals surface area contributed by atoms with Crippen molar-refractivity contribution in [2.24, 2.45) is 0 Å². The minimum Gasteiger partial charge on any atom is -0.383 e. The third-order valence-electron chi connectivity index (χ3n) is 2.81. The second kappa shape index (κ2) is 4.71. The van der Waals surface area contributed by atoms with Crippen LogP contribution >= 0.6 is 39.1 Å². The number of imidazole rings is 1. The molecule has 0 spiro atoms. The summed E-state index contributed by atoms with van der Waals surface area (Å²) in [5.74, 6) is 0.542. The molecule has 0 aliphatic carbocycles. The van der Waals surface area contributed by atoms with Gasteiger partial charge in [0.05, 0.1) is 5.02 Å². The Bertz CT molecular complexity index is 783. The summed E-state index contributed by atoms with van der Waals surface area (Å²) in [7, 11) is 0. The Hall–Kier alpha value is -1.23. The molecule has 3 nitrogen and oxygen atoms in total. The fraction of sp³-hybridized carbons (Fsp3) is 0. The molecular weight excluding hydrogens is 349 g/mol. The van der Waals surface area contributed by atoms with Crippen molar-refractivity contribution in [2.45, 2.75) is 0 Å². The van der Waals surface area contributed by atoms with E-state index in [9.17, 15) is 0 Å². The molecule has 96 valence electrons. The first-order valence-corrected chi connectivity index (χ1v) is 6.99. The van der Waals surface area contributed by atoms with Crippen LogP contribution in [0.3, 0.4) is 0 Å². The van der Waals surface area contributed by atoms with Gasteiger partial charge in [0.1, 0.15) is 17.2 Å². The van der Waals surface area contributed by atoms with E-state index in [-0.39, 0.29) is 0 Å². The predicted octanol–water partition coefficient (Wildman–Crippen LogP) is 4.65. The maximum Gasteiger partial charge on any atom is 0.139 e. The number of pyridine rings is 1. The molecule has 0 fully saturated rings. The van der Waals surface area contributed by atoms with Crippen molar-refractivity contribution in [3.63, 3.8) is 0 Å². The summed E-state index contributed by atoms with van der Waals surface area (Å²) < 4.78 is 2.61. The van der Waals surface area contributed by atoms with Gasteiger partial charge in [-0.25, -0.2) is 4.98 Å². The SMILES string of the molecule is Nc1c(-c2ccc(Cl)cc2Br)nc2ccc(Cl)cn12. The number of fused-ring (bicyclic) bond motifs is 1. The lowest BCUT2D eigenvalue weighted by Gasteiger charge is -2.03. The highest BCUT2D eigenvalue weighted by atomic mass is 79.9. The van der Waals surface area contributed by atoms with Crippen molar-refractivity contribution < 1.29 is 0 Å². The van der Waals surface area contributed by atoms with Gasteiger partial charge in [-0.2, -0.15) is 0 Å². The Labute approximate surface area is 128 Å². The molecule has 1 aromatic carbocycles. The van der Waals surface area contributed by atoms with Crippen LogP contribution < -0.4 is 5.73 Å². The van der Waals surface area contributed by atoms with E-state index in [1.165, 1.54) is 0 Å². The number of hydrogen-bond donors (Lipinski definition) is 1. The van der Waals surface area contributed by atoms with Crippen molar-refractivity contribution in [1.82, 2.24) is 9.38 Å². The molecule has 0 unspecified atom stereocenters. The normalized spacial score (nSPS) is 11.1. The summed E-state index contributed by atoms with van der Waals surface area (Å²) in [5, 5.41) is 1.26. The topological polar surface area (TPSA) is 43.3 Å². The van der Waals surface area contributed by atoms with Crippen LogP contribution in [0.25, 0.3) is 16.9 Å². The van der Waals surface area contributed by atoms with Gasteiger partial charge in [-0.15, -0.1) is 0 Å². The number of aromatic nitrogens is 2. The molecule has 0 aliphatic rings. The number of nitrogen functional groups attached to an aromatic ring is 1. The summed E-state index contributed by atoms with van der Waals surface area (Å²) in [6.45, 7) is 0. The van der Waals surface area contributed by atoms with Gasteiger partial charge in [-0.1, -0.05) is 45.2 Å². The van der Waals surface area contributed by atoms with Gasteiger partial charge >= 0.3 is 0 Å². The Balaban J connectivity index is 2.28. The summed E-state index contributed by atoms with van der Waals surface area (Å²) in [5.41, 5.74) is 8.47. The second-order valence-corrected chi connectivity index (χ2v) is 5.77. The first-order valence-electron chi connectivity index (χ1n) is 5.45. The van der Waals surface area contributed by atoms with Crippen LogP contribution in [0.15, 0.2) is 41.0 Å². The number of benzene rings is 1. The maximum absolute atomic E-state index is 6.13. The summed E-state index contributed by atoms with van der Waals surface area (Å²) in [4.78, 5) is 4.52. The van der Waals surface area contributed by atoms with Crippen molar-refractivity contribution in [2.75, 3.05) is 5.73 Å². The van der Waals surface area contributed by atoms with E-state index >= 15 is 0 Å². The number of anilines is 1. The molecule has 0 radical (unpaired) electrons. The molecule has 0 aliphatic heterocycles. The van der Waals surface area contributed by atoms with E-state index in [1.54, 1.807) is 22.7 Å². The molecular formula is C13H8BrCl2N3. The third kappa shape index (κ3) is 2.20. The zero-order valence-corrected chi connectivity index (χ0v) is 12.7. The molecule has 0 atom stereocenters. The second-order valence-electron chi connectivity index (χ2n) is 4.05. The molecule has 3 aromatic rings. The van der Waals surface area contributed by atoms with Crippen LogP contribution in [0.4, 0.5) is 5.82 Å². The maximum atomic E-state index is 6.13. The van der Waals surface area contributed by atoms with E-state index in [0.29, 0.717) is 21.6 Å². The molecule has 2 heterocycles. The number of rotatable bonds is 1. The molecule has 19 heavy (non-hydrogen) atoms. The van der Waals surface area contributed by atoms with Crippen LogP contribution in [0, 0.1) is 0 Å². The fourth-order valence-electron chi connectivity index (χ4n) is 1.92. The minimum absolute atomic E-state index is 0.542. The highest BCUT2D eigenvalue weighted by molar-refractivity contribution is 9.10. The largest absolute Gasteiger partial charge is 0.383 e. The highest BCUT2D eigenvalue weighted by Gasteiger charge is 2.14. The van der Waals surface area contributed by atoms with Crippen LogP contribution in [0.2, 0.25) is 10.0 Å². The van der Waals surface area contributed by atoms with Crippen molar-refractivity contribution in [3.05, 3.63) is 51.0 Å². The van der Waals surface area contributed by atoms with Gasteiger partial charge in [-0.3, -0.25) is 4.40 Å². The van der Waals surface area contributed by atoms with Gasteiger partial charge in [0.2, 0.25) is 0 Å². The Morgan fingerprint density at radius 3 is 2.58 bits per heavy atom. The van der Waals surface area contributed by atoms with Crippen LogP contribution in [0.5, 0.6) is 0 Å². The van der Waals surface area contributed by atoms with E-state index in [1.807, 2.05) is 18.2 Å². The van der Waals surface area contributed by atoms with E-state index in [4.69, 9.17) is 28.9 Å². The van der Waals surface area contributed by atoms with Crippen molar-refractivity contribution >= 4 is 50.6 Å². The lowest BCUT2D eigenvalue weighted by molar-refractivity contribution is 1.20. The fourth-order valence-corrected chi connectivity index (χ4v) is 2.95. The Morgan fingerprint density at radius 1 is 1.11 bits per heavy atom. The van der Waals surface area contributed by atoms with E-state index in [0.717, 1.165) is 15.7 Å². The quantitative estimate of drug-likeness (QED) is 0.689. The first-order chi connectivity index (χ1) is 9.06. The minimum atomic E-state index is 0.542. The average molecular weight is 357 g/mol. The molecule has 0 bridgehead atoms. The van der Waals surface area contributed by atoms with Gasteiger partial charge in [0.25, 0.3) is 0 Å². The van der Waals surface area contributed by atoms with Crippen LogP contribution in [-0.4, -0.2) is 9.38 Å². The molecule has 3 rings (SSSR count). The van der Waals surface area contributed by atoms with E-state index < -0.39 is 0 Å². The van der Waals surface area contributed by atoms with Gasteiger partial charge in [-0.05, 0) is 24.3 Å². The number of halogens is 3. The molecule has 6 heteroatoms. The average Bonchev–Trinajstić information content (AvgIpc) is 2.67. The molecule has 2 aromatic heterocycles.